The van der Waals surface area contributed by atoms with Gasteiger partial charge in [-0.05, 0) is 52.9 Å². The maximum atomic E-state index is 12.7. The van der Waals surface area contributed by atoms with Crippen LogP contribution in [0.15, 0.2) is 17.6 Å². The van der Waals surface area contributed by atoms with Gasteiger partial charge in [-0.15, -0.1) is 11.6 Å². The average Bonchev–Trinajstić information content (AvgIpc) is 2.93. The van der Waals surface area contributed by atoms with E-state index in [9.17, 15) is 13.2 Å². The van der Waals surface area contributed by atoms with E-state index in [1.807, 2.05) is 27.7 Å². The molecule has 0 bridgehead atoms. The number of carbonyl (C=O) groups excluding carboxylic acids is 1. The number of hydrogen-bond donors (Lipinski definition) is 0. The molecule has 8 nitrogen and oxygen atoms in total. The van der Waals surface area contributed by atoms with Crippen LogP contribution in [0.5, 0.6) is 0 Å². The van der Waals surface area contributed by atoms with Gasteiger partial charge >= 0.3 is 7.12 Å². The van der Waals surface area contributed by atoms with E-state index in [1.165, 1.54) is 12.4 Å². The largest absolute Gasteiger partial charge is 0.498 e. The van der Waals surface area contributed by atoms with Crippen LogP contribution < -0.4 is 5.46 Å². The second-order valence-corrected chi connectivity index (χ2v) is 11.2. The maximum Gasteiger partial charge on any atom is 0.498 e. The number of likely N-dealkylation sites (tertiary alicyclic amines) is 1. The van der Waals surface area contributed by atoms with Crippen LogP contribution in [0.2, 0.25) is 0 Å². The van der Waals surface area contributed by atoms with Crippen molar-refractivity contribution in [2.45, 2.75) is 63.3 Å². The monoisotopic (exact) mass is 457 g/mol. The molecule has 1 amide bonds. The van der Waals surface area contributed by atoms with Crippen molar-refractivity contribution in [3.05, 3.63) is 12.4 Å². The zero-order valence-corrected chi connectivity index (χ0v) is 19.5. The first kappa shape index (κ1) is 23.4. The zero-order chi connectivity index (χ0) is 22.2. The lowest BCUT2D eigenvalue weighted by molar-refractivity contribution is -0.130. The lowest BCUT2D eigenvalue weighted by Crippen LogP contribution is -2.41. The Kier molecular flexibility index (Phi) is 6.82. The van der Waals surface area contributed by atoms with E-state index in [-0.39, 0.29) is 28.6 Å². The van der Waals surface area contributed by atoms with E-state index in [4.69, 9.17) is 20.9 Å². The number of piperidine rings is 1. The third-order valence-electron chi connectivity index (χ3n) is 6.23. The molecular weight excluding hydrogens is 429 g/mol. The number of halogens is 1. The topological polar surface area (TPSA) is 98.7 Å². The molecule has 166 valence electrons. The Morgan fingerprint density at radius 2 is 1.83 bits per heavy atom. The predicted octanol–water partition coefficient (Wildman–Crippen LogP) is 1.42. The summed E-state index contributed by atoms with van der Waals surface area (Å²) in [4.78, 5) is 21.6. The second-order valence-electron chi connectivity index (χ2n) is 8.98. The molecule has 2 aliphatic rings. The minimum Gasteiger partial charge on any atom is -0.399 e. The molecule has 0 aromatic carbocycles. The summed E-state index contributed by atoms with van der Waals surface area (Å²) < 4.78 is 37.3. The van der Waals surface area contributed by atoms with Crippen molar-refractivity contribution in [2.75, 3.05) is 24.7 Å². The van der Waals surface area contributed by atoms with Crippen LogP contribution in [-0.4, -0.2) is 72.2 Å². The molecule has 0 radical (unpaired) electrons. The molecule has 2 aliphatic heterocycles. The third-order valence-corrected chi connectivity index (χ3v) is 8.00. The van der Waals surface area contributed by atoms with Crippen LogP contribution in [-0.2, 0) is 23.9 Å². The number of nitrogens with zero attached hydrogens (tertiary/aromatic N) is 3. The highest BCUT2D eigenvalue weighted by molar-refractivity contribution is 7.91. The van der Waals surface area contributed by atoms with Crippen LogP contribution in [0, 0.1) is 5.92 Å². The summed E-state index contributed by atoms with van der Waals surface area (Å²) in [6.07, 6.45) is 5.10. The van der Waals surface area contributed by atoms with Gasteiger partial charge in [0.15, 0.2) is 0 Å². The summed E-state index contributed by atoms with van der Waals surface area (Å²) in [7, 11) is -4.26. The molecule has 2 fully saturated rings. The first-order valence-corrected chi connectivity index (χ1v) is 12.4. The minimum absolute atomic E-state index is 0.0476. The Balaban J connectivity index is 1.61. The minimum atomic E-state index is -3.62. The van der Waals surface area contributed by atoms with Crippen molar-refractivity contribution < 1.29 is 22.5 Å². The van der Waals surface area contributed by atoms with Crippen molar-refractivity contribution in [3.63, 3.8) is 0 Å². The molecule has 1 aromatic heterocycles. The van der Waals surface area contributed by atoms with E-state index in [2.05, 4.69) is 9.97 Å². The summed E-state index contributed by atoms with van der Waals surface area (Å²) >= 11 is 5.63. The quantitative estimate of drug-likeness (QED) is 0.362. The molecule has 0 saturated carbocycles. The van der Waals surface area contributed by atoms with Crippen LogP contribution in [0.25, 0.3) is 0 Å². The average molecular weight is 458 g/mol. The normalized spacial score (nSPS) is 23.6. The van der Waals surface area contributed by atoms with Crippen LogP contribution >= 0.6 is 11.6 Å². The molecule has 1 aromatic rings. The summed E-state index contributed by atoms with van der Waals surface area (Å²) in [6, 6.07) is 0. The fourth-order valence-corrected chi connectivity index (χ4v) is 5.03. The molecule has 0 aliphatic carbocycles. The van der Waals surface area contributed by atoms with Gasteiger partial charge in [0.2, 0.25) is 20.9 Å². The van der Waals surface area contributed by atoms with E-state index in [0.29, 0.717) is 25.0 Å². The zero-order valence-electron chi connectivity index (χ0n) is 17.9. The SMILES string of the molecule is CC1(C)OB(c2cnc(S(=O)(=O)CC[C@@H]3CCCN(C(=O)CCl)C3)nc2)OC1(C)C. The molecule has 0 spiro atoms. The van der Waals surface area contributed by atoms with Crippen molar-refractivity contribution in [1.29, 1.82) is 0 Å². The van der Waals surface area contributed by atoms with Crippen molar-refractivity contribution in [1.82, 2.24) is 14.9 Å². The van der Waals surface area contributed by atoms with E-state index >= 15 is 0 Å². The smallest absolute Gasteiger partial charge is 0.399 e. The molecule has 0 N–H and O–H groups in total. The van der Waals surface area contributed by atoms with Crippen molar-refractivity contribution >= 4 is 39.9 Å². The van der Waals surface area contributed by atoms with Gasteiger partial charge < -0.3 is 14.2 Å². The van der Waals surface area contributed by atoms with Crippen LogP contribution in [0.4, 0.5) is 0 Å². The lowest BCUT2D eigenvalue weighted by atomic mass is 9.81. The summed E-state index contributed by atoms with van der Waals surface area (Å²) in [5, 5.41) is -0.202. The van der Waals surface area contributed by atoms with Gasteiger partial charge in [-0.2, -0.15) is 0 Å². The Bertz CT molecular complexity index is 863. The molecule has 11 heteroatoms. The van der Waals surface area contributed by atoms with Gasteiger partial charge in [-0.3, -0.25) is 4.79 Å². The van der Waals surface area contributed by atoms with Gasteiger partial charge in [0.25, 0.3) is 0 Å². The molecular formula is C19H29BClN3O5S. The maximum absolute atomic E-state index is 12.7. The standard InChI is InChI=1S/C19H29BClN3O5S/c1-18(2)19(3,4)29-20(28-18)15-11-22-17(23-12-15)30(26,27)9-7-14-6-5-8-24(13-14)16(25)10-21/h11-12,14H,5-10,13H2,1-4H3/t14-/m0/s1. The van der Waals surface area contributed by atoms with Gasteiger partial charge in [0.05, 0.1) is 17.0 Å². The molecule has 3 heterocycles. The molecule has 3 rings (SSSR count). The van der Waals surface area contributed by atoms with E-state index in [0.717, 1.165) is 12.8 Å². The number of carbonyl (C=O) groups is 1. The van der Waals surface area contributed by atoms with Crippen molar-refractivity contribution in [3.8, 4) is 0 Å². The van der Waals surface area contributed by atoms with Gasteiger partial charge in [-0.1, -0.05) is 0 Å². The summed E-state index contributed by atoms with van der Waals surface area (Å²) in [6.45, 7) is 9.00. The number of hydrogen-bond acceptors (Lipinski definition) is 7. The first-order valence-electron chi connectivity index (χ1n) is 10.2. The van der Waals surface area contributed by atoms with E-state index in [1.54, 1.807) is 4.90 Å². The van der Waals surface area contributed by atoms with Gasteiger partial charge in [0.1, 0.15) is 5.88 Å². The molecule has 1 atom stereocenters. The van der Waals surface area contributed by atoms with Gasteiger partial charge in [0, 0.05) is 30.9 Å². The highest BCUT2D eigenvalue weighted by Crippen LogP contribution is 2.36. The summed E-state index contributed by atoms with van der Waals surface area (Å²) in [5.41, 5.74) is -0.419. The number of amides is 1. The van der Waals surface area contributed by atoms with Crippen molar-refractivity contribution in [2.24, 2.45) is 5.92 Å². The Hall–Kier alpha value is -1.23. The van der Waals surface area contributed by atoms with Crippen LogP contribution in [0.3, 0.4) is 0 Å². The van der Waals surface area contributed by atoms with E-state index < -0.39 is 28.2 Å². The third kappa shape index (κ3) is 4.98. The molecule has 0 unspecified atom stereocenters. The fourth-order valence-electron chi connectivity index (χ4n) is 3.61. The van der Waals surface area contributed by atoms with Gasteiger partial charge in [-0.25, -0.2) is 18.4 Å². The predicted molar refractivity (Wildman–Crippen MR) is 114 cm³/mol. The highest BCUT2D eigenvalue weighted by Gasteiger charge is 2.52. The number of aromatic nitrogens is 2. The Labute approximate surface area is 183 Å². The highest BCUT2D eigenvalue weighted by atomic mass is 35.5. The lowest BCUT2D eigenvalue weighted by Gasteiger charge is -2.32. The summed E-state index contributed by atoms with van der Waals surface area (Å²) in [5.74, 6) is -0.0831. The Morgan fingerprint density at radius 1 is 1.23 bits per heavy atom. The molecule has 2 saturated heterocycles. The number of rotatable bonds is 6. The molecule has 30 heavy (non-hydrogen) atoms. The first-order chi connectivity index (χ1) is 13.9. The number of sulfone groups is 1. The Morgan fingerprint density at radius 3 is 2.40 bits per heavy atom. The number of alkyl halides is 1. The second kappa shape index (κ2) is 8.72. The van der Waals surface area contributed by atoms with Crippen LogP contribution in [0.1, 0.15) is 47.0 Å². The fraction of sp³-hybridized carbons (Fsp3) is 0.737.